The van der Waals surface area contributed by atoms with E-state index in [0.29, 0.717) is 21.6 Å². The Bertz CT molecular complexity index is 1450. The molecule has 1 spiro atoms. The maximum atomic E-state index is 13.1. The number of carbonyl (C=O) groups excluding carboxylic acids is 2. The second-order valence-electron chi connectivity index (χ2n) is 9.20. The molecule has 1 saturated carbocycles. The zero-order chi connectivity index (χ0) is 24.2. The summed E-state index contributed by atoms with van der Waals surface area (Å²) in [6.45, 7) is 5.11. The van der Waals surface area contributed by atoms with Gasteiger partial charge in [0.2, 0.25) is 11.9 Å². The van der Waals surface area contributed by atoms with Gasteiger partial charge in [0.1, 0.15) is 0 Å². The Morgan fingerprint density at radius 2 is 2.14 bits per heavy atom. The number of amides is 2. The summed E-state index contributed by atoms with van der Waals surface area (Å²) in [4.78, 5) is 37.1. The molecule has 0 radical (unpaired) electrons. The Hall–Kier alpha value is -3.43. The monoisotopic (exact) mass is 507 g/mol. The van der Waals surface area contributed by atoms with Crippen molar-refractivity contribution in [1.29, 1.82) is 0 Å². The van der Waals surface area contributed by atoms with E-state index in [9.17, 15) is 9.59 Å². The van der Waals surface area contributed by atoms with Crippen LogP contribution in [-0.4, -0.2) is 44.3 Å². The lowest BCUT2D eigenvalue weighted by Gasteiger charge is -2.46. The predicted octanol–water partition coefficient (Wildman–Crippen LogP) is 5.40. The van der Waals surface area contributed by atoms with Crippen LogP contribution in [0.2, 0.25) is 5.02 Å². The fourth-order valence-corrected chi connectivity index (χ4v) is 6.35. The number of oxazole rings is 1. The summed E-state index contributed by atoms with van der Waals surface area (Å²) < 4.78 is 7.45. The predicted molar refractivity (Wildman–Crippen MR) is 135 cm³/mol. The van der Waals surface area contributed by atoms with Crippen LogP contribution in [0.5, 0.6) is 0 Å². The number of aromatic nitrogens is 3. The summed E-state index contributed by atoms with van der Waals surface area (Å²) >= 11 is 7.56. The Morgan fingerprint density at radius 1 is 1.29 bits per heavy atom. The second-order valence-corrected chi connectivity index (χ2v) is 10.7. The third kappa shape index (κ3) is 3.84. The maximum absolute atomic E-state index is 13.1. The molecule has 1 N–H and O–H groups in total. The van der Waals surface area contributed by atoms with E-state index in [0.717, 1.165) is 48.3 Å². The van der Waals surface area contributed by atoms with Crippen molar-refractivity contribution in [2.24, 2.45) is 5.41 Å². The van der Waals surface area contributed by atoms with Crippen LogP contribution in [0.4, 0.5) is 5.95 Å². The summed E-state index contributed by atoms with van der Waals surface area (Å²) in [6.07, 6.45) is 7.18. The molecule has 178 valence electrons. The van der Waals surface area contributed by atoms with Gasteiger partial charge < -0.3 is 13.9 Å². The van der Waals surface area contributed by atoms with Gasteiger partial charge in [0.25, 0.3) is 5.91 Å². The Balaban J connectivity index is 1.27. The van der Waals surface area contributed by atoms with Crippen molar-refractivity contribution in [3.8, 4) is 10.6 Å². The molecule has 3 aromatic heterocycles. The summed E-state index contributed by atoms with van der Waals surface area (Å²) in [5.41, 5.74) is 1.76. The molecule has 4 heterocycles. The number of hydrogen-bond acceptors (Lipinski definition) is 6. The van der Waals surface area contributed by atoms with E-state index in [-0.39, 0.29) is 23.3 Å². The van der Waals surface area contributed by atoms with Gasteiger partial charge in [-0.3, -0.25) is 14.9 Å². The van der Waals surface area contributed by atoms with Crippen molar-refractivity contribution in [2.45, 2.75) is 25.3 Å². The Morgan fingerprint density at radius 3 is 2.91 bits per heavy atom. The van der Waals surface area contributed by atoms with E-state index in [1.54, 1.807) is 12.3 Å². The lowest BCUT2D eigenvalue weighted by atomic mass is 9.65. The largest absolute Gasteiger partial charge is 0.443 e. The van der Waals surface area contributed by atoms with Gasteiger partial charge in [-0.1, -0.05) is 18.2 Å². The molecule has 2 amide bonds. The molecule has 0 bridgehead atoms. The summed E-state index contributed by atoms with van der Waals surface area (Å²) in [7, 11) is 0. The van der Waals surface area contributed by atoms with Crippen molar-refractivity contribution >= 4 is 51.7 Å². The molecular formula is C25H22ClN5O3S. The number of benzene rings is 1. The average molecular weight is 508 g/mol. The van der Waals surface area contributed by atoms with E-state index in [1.165, 1.54) is 23.8 Å². The normalized spacial score (nSPS) is 21.4. The van der Waals surface area contributed by atoms with Crippen LogP contribution < -0.4 is 5.32 Å². The van der Waals surface area contributed by atoms with Gasteiger partial charge in [-0.05, 0) is 61.1 Å². The first-order chi connectivity index (χ1) is 16.9. The van der Waals surface area contributed by atoms with E-state index in [1.807, 2.05) is 29.2 Å². The van der Waals surface area contributed by atoms with Gasteiger partial charge >= 0.3 is 0 Å². The van der Waals surface area contributed by atoms with Crippen molar-refractivity contribution < 1.29 is 14.0 Å². The number of thiophene rings is 1. The van der Waals surface area contributed by atoms with Crippen LogP contribution in [-0.2, 0) is 4.79 Å². The highest BCUT2D eigenvalue weighted by Crippen LogP contribution is 2.55. The number of anilines is 1. The van der Waals surface area contributed by atoms with Crippen LogP contribution in [0, 0.1) is 5.41 Å². The zero-order valence-corrected chi connectivity index (χ0v) is 20.3. The van der Waals surface area contributed by atoms with E-state index in [2.05, 4.69) is 21.4 Å². The maximum Gasteiger partial charge on any atom is 0.268 e. The molecule has 1 aromatic carbocycles. The topological polar surface area (TPSA) is 93.3 Å². The number of imidazole rings is 1. The van der Waals surface area contributed by atoms with E-state index < -0.39 is 0 Å². The van der Waals surface area contributed by atoms with Crippen molar-refractivity contribution in [3.05, 3.63) is 65.5 Å². The molecule has 0 unspecified atom stereocenters. The standard InChI is InChI=1S/C25H22ClN5O3S/c1-2-22(32)30-8-7-25(13-30)10-16(11-25)31-18-4-3-15(26)9-17(18)28-24(31)29-23(33)21-6-5-20(35-21)19-12-27-14-34-19/h2-6,9,12,14,16H,1,7-8,10-11,13H2,(H,28,29,33). The molecule has 35 heavy (non-hydrogen) atoms. The quantitative estimate of drug-likeness (QED) is 0.365. The average Bonchev–Trinajstić information content (AvgIpc) is 3.62. The summed E-state index contributed by atoms with van der Waals surface area (Å²) in [5.74, 6) is 0.873. The molecule has 8 nitrogen and oxygen atoms in total. The number of nitrogens with one attached hydrogen (secondary N) is 1. The number of likely N-dealkylation sites (tertiary alicyclic amines) is 1. The number of carbonyl (C=O) groups is 2. The van der Waals surface area contributed by atoms with E-state index in [4.69, 9.17) is 21.0 Å². The number of fused-ring (bicyclic) bond motifs is 1. The molecule has 0 atom stereocenters. The molecule has 1 saturated heterocycles. The smallest absolute Gasteiger partial charge is 0.268 e. The number of hydrogen-bond donors (Lipinski definition) is 1. The third-order valence-corrected chi connectivity index (χ3v) is 8.34. The highest BCUT2D eigenvalue weighted by molar-refractivity contribution is 7.17. The van der Waals surface area contributed by atoms with Gasteiger partial charge in [0, 0.05) is 24.2 Å². The molecule has 2 fully saturated rings. The first-order valence-corrected chi connectivity index (χ1v) is 12.5. The van der Waals surface area contributed by atoms with Crippen LogP contribution >= 0.6 is 22.9 Å². The van der Waals surface area contributed by atoms with Gasteiger partial charge in [-0.25, -0.2) is 9.97 Å². The fourth-order valence-electron chi connectivity index (χ4n) is 5.33. The molecule has 6 rings (SSSR count). The first kappa shape index (κ1) is 22.1. The lowest BCUT2D eigenvalue weighted by Crippen LogP contribution is -2.42. The first-order valence-electron chi connectivity index (χ1n) is 11.3. The van der Waals surface area contributed by atoms with Crippen LogP contribution in [0.1, 0.15) is 35.0 Å². The van der Waals surface area contributed by atoms with Crippen LogP contribution in [0.3, 0.4) is 0 Å². The molecule has 10 heteroatoms. The van der Waals surface area contributed by atoms with E-state index >= 15 is 0 Å². The fraction of sp³-hybridized carbons (Fsp3) is 0.280. The second kappa shape index (κ2) is 8.35. The molecule has 1 aliphatic carbocycles. The molecule has 1 aliphatic heterocycles. The number of nitrogens with zero attached hydrogens (tertiary/aromatic N) is 4. The highest BCUT2D eigenvalue weighted by Gasteiger charge is 2.50. The van der Waals surface area contributed by atoms with Crippen LogP contribution in [0.25, 0.3) is 21.7 Å². The Labute approximate surface area is 210 Å². The number of rotatable bonds is 5. The SMILES string of the molecule is C=CC(=O)N1CCC2(CC(n3c(NC(=O)c4ccc(-c5cnco5)s4)nc4cc(Cl)ccc43)C2)C1. The summed E-state index contributed by atoms with van der Waals surface area (Å²) in [5, 5.41) is 3.61. The number of halogens is 1. The van der Waals surface area contributed by atoms with Crippen molar-refractivity contribution in [3.63, 3.8) is 0 Å². The molecular weight excluding hydrogens is 486 g/mol. The van der Waals surface area contributed by atoms with Gasteiger partial charge in [0.05, 0.1) is 27.0 Å². The minimum absolute atomic E-state index is 0.0124. The van der Waals surface area contributed by atoms with Gasteiger partial charge in [0.15, 0.2) is 12.2 Å². The molecule has 4 aromatic rings. The van der Waals surface area contributed by atoms with Crippen LogP contribution in [0.15, 0.2) is 60.0 Å². The minimum atomic E-state index is -0.235. The lowest BCUT2D eigenvalue weighted by molar-refractivity contribution is -0.125. The third-order valence-electron chi connectivity index (χ3n) is 7.01. The Kier molecular flexibility index (Phi) is 5.26. The molecule has 2 aliphatic rings. The highest BCUT2D eigenvalue weighted by atomic mass is 35.5. The minimum Gasteiger partial charge on any atom is -0.443 e. The van der Waals surface area contributed by atoms with Gasteiger partial charge in [-0.2, -0.15) is 0 Å². The zero-order valence-electron chi connectivity index (χ0n) is 18.7. The summed E-state index contributed by atoms with van der Waals surface area (Å²) in [6, 6.07) is 9.37. The van der Waals surface area contributed by atoms with Crippen molar-refractivity contribution in [1.82, 2.24) is 19.4 Å². The van der Waals surface area contributed by atoms with Gasteiger partial charge in [-0.15, -0.1) is 11.3 Å². The van der Waals surface area contributed by atoms with Crippen molar-refractivity contribution in [2.75, 3.05) is 18.4 Å².